The molecule has 7 heteroatoms. The molecule has 0 heterocycles. The normalized spacial score (nSPS) is 17.7. The molecular formula is C18H36N4O3. The molecule has 0 bridgehead atoms. The Morgan fingerprint density at radius 1 is 1.12 bits per heavy atom. The van der Waals surface area contributed by atoms with Crippen molar-refractivity contribution in [3.05, 3.63) is 0 Å². The molecule has 0 saturated heterocycles. The first-order valence-electron chi connectivity index (χ1n) is 9.45. The van der Waals surface area contributed by atoms with Crippen LogP contribution in [0.4, 0.5) is 4.79 Å². The molecule has 1 saturated carbocycles. The second-order valence-electron chi connectivity index (χ2n) is 7.69. The van der Waals surface area contributed by atoms with Gasteiger partial charge in [0.05, 0.1) is 12.1 Å². The maximum absolute atomic E-state index is 11.6. The van der Waals surface area contributed by atoms with E-state index in [0.29, 0.717) is 25.6 Å². The van der Waals surface area contributed by atoms with Gasteiger partial charge in [-0.3, -0.25) is 4.99 Å². The zero-order chi connectivity index (χ0) is 18.8. The first-order chi connectivity index (χ1) is 11.7. The Morgan fingerprint density at radius 2 is 1.76 bits per heavy atom. The van der Waals surface area contributed by atoms with E-state index in [0.717, 1.165) is 38.6 Å². The van der Waals surface area contributed by atoms with E-state index in [1.165, 1.54) is 6.42 Å². The molecule has 25 heavy (non-hydrogen) atoms. The Morgan fingerprint density at radius 3 is 2.36 bits per heavy atom. The number of aliphatic imine (C=N–C) groups is 1. The molecule has 0 aromatic heterocycles. The van der Waals surface area contributed by atoms with E-state index in [2.05, 4.69) is 20.9 Å². The van der Waals surface area contributed by atoms with Crippen molar-refractivity contribution in [3.63, 3.8) is 0 Å². The van der Waals surface area contributed by atoms with Crippen molar-refractivity contribution in [2.24, 2.45) is 4.99 Å². The van der Waals surface area contributed by atoms with Crippen LogP contribution in [0.5, 0.6) is 0 Å². The van der Waals surface area contributed by atoms with Crippen LogP contribution in [-0.4, -0.2) is 54.5 Å². The van der Waals surface area contributed by atoms with E-state index in [-0.39, 0.29) is 0 Å². The summed E-state index contributed by atoms with van der Waals surface area (Å²) in [5, 5.41) is 19.7. The highest BCUT2D eigenvalue weighted by Gasteiger charge is 2.28. The third-order valence-corrected chi connectivity index (χ3v) is 3.97. The maximum atomic E-state index is 11.6. The summed E-state index contributed by atoms with van der Waals surface area (Å²) in [5.74, 6) is 0.707. The highest BCUT2D eigenvalue weighted by Crippen LogP contribution is 2.28. The number of carbonyl (C=O) groups is 1. The van der Waals surface area contributed by atoms with Crippen LogP contribution in [0.3, 0.4) is 0 Å². The van der Waals surface area contributed by atoms with Gasteiger partial charge >= 0.3 is 6.09 Å². The van der Waals surface area contributed by atoms with Crippen LogP contribution in [0.25, 0.3) is 0 Å². The molecule has 0 aromatic rings. The smallest absolute Gasteiger partial charge is 0.407 e. The number of carbonyl (C=O) groups excluding carboxylic acids is 1. The summed E-state index contributed by atoms with van der Waals surface area (Å²) >= 11 is 0. The van der Waals surface area contributed by atoms with E-state index in [9.17, 15) is 9.90 Å². The number of nitrogens with zero attached hydrogens (tertiary/aromatic N) is 1. The highest BCUT2D eigenvalue weighted by molar-refractivity contribution is 5.79. The molecule has 0 atom stereocenters. The number of aliphatic hydroxyl groups is 1. The quantitative estimate of drug-likeness (QED) is 0.318. The van der Waals surface area contributed by atoms with E-state index < -0.39 is 17.3 Å². The van der Waals surface area contributed by atoms with Gasteiger partial charge in [-0.1, -0.05) is 19.3 Å². The molecule has 0 unspecified atom stereocenters. The number of hydrogen-bond donors (Lipinski definition) is 4. The molecule has 0 spiro atoms. The van der Waals surface area contributed by atoms with Crippen molar-refractivity contribution in [1.29, 1.82) is 0 Å². The Kier molecular flexibility index (Phi) is 9.03. The summed E-state index contributed by atoms with van der Waals surface area (Å²) in [4.78, 5) is 16.1. The third-order valence-electron chi connectivity index (χ3n) is 3.97. The lowest BCUT2D eigenvalue weighted by Gasteiger charge is -2.30. The van der Waals surface area contributed by atoms with Crippen LogP contribution < -0.4 is 16.0 Å². The van der Waals surface area contributed by atoms with Crippen molar-refractivity contribution >= 4 is 12.1 Å². The van der Waals surface area contributed by atoms with Crippen molar-refractivity contribution < 1.29 is 14.6 Å². The molecule has 0 aromatic carbocycles. The molecule has 0 aliphatic heterocycles. The first-order valence-corrected chi connectivity index (χ1v) is 9.45. The van der Waals surface area contributed by atoms with Crippen molar-refractivity contribution in [2.45, 2.75) is 77.4 Å². The zero-order valence-electron chi connectivity index (χ0n) is 16.3. The lowest BCUT2D eigenvalue weighted by atomic mass is 9.85. The molecule has 0 radical (unpaired) electrons. The number of nitrogens with one attached hydrogen (secondary N) is 3. The van der Waals surface area contributed by atoms with Crippen LogP contribution in [-0.2, 0) is 4.74 Å². The van der Waals surface area contributed by atoms with E-state index in [1.807, 2.05) is 27.7 Å². The number of hydrogen-bond acceptors (Lipinski definition) is 4. The van der Waals surface area contributed by atoms with Crippen LogP contribution in [0.15, 0.2) is 4.99 Å². The number of guanidine groups is 1. The molecule has 146 valence electrons. The molecular weight excluding hydrogens is 320 g/mol. The van der Waals surface area contributed by atoms with Gasteiger partial charge in [0.2, 0.25) is 0 Å². The fourth-order valence-corrected chi connectivity index (χ4v) is 2.74. The first kappa shape index (κ1) is 21.5. The van der Waals surface area contributed by atoms with Gasteiger partial charge in [-0.2, -0.15) is 0 Å². The average molecular weight is 357 g/mol. The summed E-state index contributed by atoms with van der Waals surface area (Å²) < 4.78 is 5.19. The van der Waals surface area contributed by atoms with E-state index in [4.69, 9.17) is 4.74 Å². The van der Waals surface area contributed by atoms with E-state index in [1.54, 1.807) is 0 Å². The monoisotopic (exact) mass is 356 g/mol. The fraction of sp³-hybridized carbons (Fsp3) is 0.889. The Hall–Kier alpha value is -1.50. The van der Waals surface area contributed by atoms with Crippen LogP contribution in [0.2, 0.25) is 0 Å². The molecule has 1 rings (SSSR count). The molecule has 7 nitrogen and oxygen atoms in total. The zero-order valence-corrected chi connectivity index (χ0v) is 16.3. The highest BCUT2D eigenvalue weighted by atomic mass is 16.6. The minimum absolute atomic E-state index is 0.396. The molecule has 4 N–H and O–H groups in total. The molecule has 1 amide bonds. The summed E-state index contributed by atoms with van der Waals surface area (Å²) in [6, 6.07) is 0. The summed E-state index contributed by atoms with van der Waals surface area (Å²) in [7, 11) is 0. The Balaban J connectivity index is 2.28. The minimum atomic E-state index is -0.654. The molecule has 1 aliphatic rings. The molecule has 1 fully saturated rings. The van der Waals surface area contributed by atoms with E-state index >= 15 is 0 Å². The van der Waals surface area contributed by atoms with Crippen molar-refractivity contribution in [3.8, 4) is 0 Å². The maximum Gasteiger partial charge on any atom is 0.407 e. The van der Waals surface area contributed by atoms with Gasteiger partial charge < -0.3 is 25.8 Å². The predicted octanol–water partition coefficient (Wildman–Crippen LogP) is 2.15. The Bertz CT molecular complexity index is 427. The SMILES string of the molecule is CCNC(=NCC1(O)CCCCC1)NCCCNC(=O)OC(C)(C)C. The van der Waals surface area contributed by atoms with Crippen LogP contribution in [0, 0.1) is 0 Å². The second kappa shape index (κ2) is 10.5. The average Bonchev–Trinajstić information content (AvgIpc) is 2.51. The topological polar surface area (TPSA) is 95.0 Å². The lowest BCUT2D eigenvalue weighted by Crippen LogP contribution is -2.41. The molecule has 1 aliphatic carbocycles. The summed E-state index contributed by atoms with van der Waals surface area (Å²) in [6.45, 7) is 9.94. The van der Waals surface area contributed by atoms with Gasteiger partial charge in [-0.15, -0.1) is 0 Å². The van der Waals surface area contributed by atoms with Crippen LogP contribution >= 0.6 is 0 Å². The van der Waals surface area contributed by atoms with Gasteiger partial charge in [0.1, 0.15) is 5.60 Å². The Labute approximate surface area is 152 Å². The predicted molar refractivity (Wildman–Crippen MR) is 101 cm³/mol. The minimum Gasteiger partial charge on any atom is -0.444 e. The lowest BCUT2D eigenvalue weighted by molar-refractivity contribution is 0.0131. The second-order valence-corrected chi connectivity index (χ2v) is 7.69. The van der Waals surface area contributed by atoms with Gasteiger partial charge in [-0.25, -0.2) is 4.79 Å². The van der Waals surface area contributed by atoms with Gasteiger partial charge in [0.15, 0.2) is 5.96 Å². The van der Waals surface area contributed by atoms with Gasteiger partial charge in [0.25, 0.3) is 0 Å². The van der Waals surface area contributed by atoms with Crippen molar-refractivity contribution in [1.82, 2.24) is 16.0 Å². The number of alkyl carbamates (subject to hydrolysis) is 1. The number of amides is 1. The van der Waals surface area contributed by atoms with Crippen molar-refractivity contribution in [2.75, 3.05) is 26.2 Å². The largest absolute Gasteiger partial charge is 0.444 e. The standard InChI is InChI=1S/C18H36N4O3/c1-5-19-15(22-14-18(24)10-7-6-8-11-18)20-12-9-13-21-16(23)25-17(2,3)4/h24H,5-14H2,1-4H3,(H,21,23)(H2,19,20,22). The van der Waals surface area contributed by atoms with Gasteiger partial charge in [-0.05, 0) is 47.0 Å². The van der Waals surface area contributed by atoms with Gasteiger partial charge in [0, 0.05) is 19.6 Å². The third kappa shape index (κ3) is 10.2. The number of ether oxygens (including phenoxy) is 1. The number of rotatable bonds is 7. The fourth-order valence-electron chi connectivity index (χ4n) is 2.74. The summed E-state index contributed by atoms with van der Waals surface area (Å²) in [5.41, 5.74) is -1.13. The van der Waals surface area contributed by atoms with Crippen LogP contribution in [0.1, 0.15) is 66.2 Å². The summed E-state index contributed by atoms with van der Waals surface area (Å²) in [6.07, 6.45) is 5.38.